The Morgan fingerprint density at radius 3 is 2.17 bits per heavy atom. The van der Waals surface area contributed by atoms with Crippen molar-refractivity contribution in [3.8, 4) is 0 Å². The summed E-state index contributed by atoms with van der Waals surface area (Å²) in [4.78, 5) is 2.88. The highest BCUT2D eigenvalue weighted by Gasteiger charge is 2.55. The van der Waals surface area contributed by atoms with Crippen molar-refractivity contribution in [2.45, 2.75) is 72.1 Å². The standard InChI is InChI=1S/C22H37N/c1-21(2)19-4-6-22(21,3)14-23(13-19)7-5-20-17-9-15-8-16(11-17)12-18(20)10-15/h15-20H,4-14H2,1-3H3/t15?,16?,17?,18?,19-,20?,22-/m0/s1. The van der Waals surface area contributed by atoms with Gasteiger partial charge < -0.3 is 4.90 Å². The van der Waals surface area contributed by atoms with Gasteiger partial charge >= 0.3 is 0 Å². The predicted octanol–water partition coefficient (Wildman–Crippen LogP) is 5.21. The minimum absolute atomic E-state index is 0.576. The van der Waals surface area contributed by atoms with Crippen LogP contribution >= 0.6 is 0 Å². The molecule has 1 saturated heterocycles. The monoisotopic (exact) mass is 315 g/mol. The third-order valence-corrected chi connectivity index (χ3v) is 9.87. The minimum Gasteiger partial charge on any atom is -0.302 e. The molecule has 0 aromatic heterocycles. The summed E-state index contributed by atoms with van der Waals surface area (Å²) in [6.45, 7) is 11.9. The second-order valence-corrected chi connectivity index (χ2v) is 11.1. The Morgan fingerprint density at radius 2 is 1.57 bits per heavy atom. The molecule has 0 unspecified atom stereocenters. The molecule has 5 aliphatic carbocycles. The van der Waals surface area contributed by atoms with Gasteiger partial charge in [-0.15, -0.1) is 0 Å². The molecule has 130 valence electrons. The molecule has 0 aromatic carbocycles. The highest BCUT2D eigenvalue weighted by molar-refractivity contribution is 5.06. The number of hydrogen-bond acceptors (Lipinski definition) is 1. The van der Waals surface area contributed by atoms with Gasteiger partial charge in [-0.05, 0) is 104 Å². The van der Waals surface area contributed by atoms with Crippen molar-refractivity contribution in [2.75, 3.05) is 19.6 Å². The van der Waals surface area contributed by atoms with Gasteiger partial charge in [0.25, 0.3) is 0 Å². The summed E-state index contributed by atoms with van der Waals surface area (Å²) in [5.41, 5.74) is 1.16. The second-order valence-electron chi connectivity index (χ2n) is 11.1. The zero-order valence-corrected chi connectivity index (χ0v) is 15.7. The van der Waals surface area contributed by atoms with Crippen molar-refractivity contribution in [1.82, 2.24) is 4.90 Å². The van der Waals surface area contributed by atoms with Gasteiger partial charge in [0.05, 0.1) is 0 Å². The summed E-state index contributed by atoms with van der Waals surface area (Å²) < 4.78 is 0. The van der Waals surface area contributed by atoms with Crippen LogP contribution in [0.5, 0.6) is 0 Å². The Kier molecular flexibility index (Phi) is 3.31. The van der Waals surface area contributed by atoms with Crippen LogP contribution in [0.25, 0.3) is 0 Å². The largest absolute Gasteiger partial charge is 0.302 e. The fourth-order valence-corrected chi connectivity index (χ4v) is 8.15. The Labute approximate surface area is 143 Å². The summed E-state index contributed by atoms with van der Waals surface area (Å²) in [6.07, 6.45) is 12.5. The SMILES string of the molecule is CC1(C)[C@H]2CC[C@@]1(C)CN(CCC1C3CC4CC(C3)CC1C4)C2. The average molecular weight is 316 g/mol. The summed E-state index contributed by atoms with van der Waals surface area (Å²) >= 11 is 0. The van der Waals surface area contributed by atoms with Gasteiger partial charge in [-0.1, -0.05) is 20.8 Å². The summed E-state index contributed by atoms with van der Waals surface area (Å²) in [5.74, 6) is 6.58. The number of fused-ring (bicyclic) bond motifs is 2. The number of piperidine rings is 1. The van der Waals surface area contributed by atoms with Crippen molar-refractivity contribution in [1.29, 1.82) is 0 Å². The topological polar surface area (TPSA) is 3.24 Å². The second kappa shape index (κ2) is 4.99. The van der Waals surface area contributed by atoms with Crippen molar-refractivity contribution in [3.63, 3.8) is 0 Å². The average Bonchev–Trinajstić information content (AvgIpc) is 2.62. The van der Waals surface area contributed by atoms with Gasteiger partial charge in [-0.3, -0.25) is 0 Å². The maximum atomic E-state index is 2.88. The van der Waals surface area contributed by atoms with Crippen molar-refractivity contribution in [3.05, 3.63) is 0 Å². The molecule has 0 amide bonds. The molecule has 0 N–H and O–H groups in total. The molecular weight excluding hydrogens is 278 g/mol. The van der Waals surface area contributed by atoms with E-state index in [9.17, 15) is 0 Å². The van der Waals surface area contributed by atoms with Crippen LogP contribution in [0.1, 0.15) is 72.1 Å². The normalized spacial score (nSPS) is 53.9. The van der Waals surface area contributed by atoms with E-state index in [4.69, 9.17) is 0 Å². The van der Waals surface area contributed by atoms with Gasteiger partial charge in [0.2, 0.25) is 0 Å². The summed E-state index contributed by atoms with van der Waals surface area (Å²) in [7, 11) is 0. The molecule has 0 spiro atoms. The lowest BCUT2D eigenvalue weighted by Gasteiger charge is -2.55. The summed E-state index contributed by atoms with van der Waals surface area (Å²) in [5, 5.41) is 0. The molecule has 1 nitrogen and oxygen atoms in total. The number of rotatable bonds is 3. The van der Waals surface area contributed by atoms with E-state index >= 15 is 0 Å². The highest BCUT2D eigenvalue weighted by Crippen LogP contribution is 2.60. The van der Waals surface area contributed by atoms with Gasteiger partial charge in [0.1, 0.15) is 0 Å². The smallest absolute Gasteiger partial charge is 0.00407 e. The van der Waals surface area contributed by atoms with Gasteiger partial charge in [0, 0.05) is 13.1 Å². The van der Waals surface area contributed by atoms with Crippen LogP contribution in [0.15, 0.2) is 0 Å². The molecule has 6 aliphatic rings. The molecule has 0 aromatic rings. The molecule has 6 rings (SSSR count). The highest BCUT2D eigenvalue weighted by atomic mass is 15.2. The van der Waals surface area contributed by atoms with E-state index in [1.165, 1.54) is 38.9 Å². The van der Waals surface area contributed by atoms with Crippen LogP contribution in [-0.2, 0) is 0 Å². The van der Waals surface area contributed by atoms with E-state index in [0.29, 0.717) is 10.8 Å². The van der Waals surface area contributed by atoms with Crippen LogP contribution in [-0.4, -0.2) is 24.5 Å². The lowest BCUT2D eigenvalue weighted by Crippen LogP contribution is -2.53. The minimum atomic E-state index is 0.576. The van der Waals surface area contributed by atoms with Gasteiger partial charge in [-0.25, -0.2) is 0 Å². The third-order valence-electron chi connectivity index (χ3n) is 9.87. The molecular formula is C22H37N. The van der Waals surface area contributed by atoms with Crippen molar-refractivity contribution >= 4 is 0 Å². The zero-order chi connectivity index (χ0) is 15.8. The van der Waals surface area contributed by atoms with Crippen molar-refractivity contribution < 1.29 is 0 Å². The zero-order valence-electron chi connectivity index (χ0n) is 15.7. The van der Waals surface area contributed by atoms with Crippen LogP contribution in [0.4, 0.5) is 0 Å². The Balaban J connectivity index is 1.23. The fourth-order valence-electron chi connectivity index (χ4n) is 8.15. The van der Waals surface area contributed by atoms with Gasteiger partial charge in [-0.2, -0.15) is 0 Å². The van der Waals surface area contributed by atoms with Crippen LogP contribution < -0.4 is 0 Å². The first-order chi connectivity index (χ1) is 10.9. The number of nitrogens with zero attached hydrogens (tertiary/aromatic N) is 1. The van der Waals surface area contributed by atoms with E-state index in [2.05, 4.69) is 25.7 Å². The fraction of sp³-hybridized carbons (Fsp3) is 1.00. The lowest BCUT2D eigenvalue weighted by atomic mass is 9.51. The molecule has 1 heterocycles. The first kappa shape index (κ1) is 15.2. The van der Waals surface area contributed by atoms with E-state index in [0.717, 1.165) is 35.5 Å². The van der Waals surface area contributed by atoms with Gasteiger partial charge in [0.15, 0.2) is 0 Å². The number of likely N-dealkylation sites (tertiary alicyclic amines) is 1. The third kappa shape index (κ3) is 2.21. The van der Waals surface area contributed by atoms with E-state index in [-0.39, 0.29) is 0 Å². The van der Waals surface area contributed by atoms with Crippen LogP contribution in [0, 0.1) is 46.3 Å². The molecule has 6 fully saturated rings. The molecule has 1 aliphatic heterocycles. The van der Waals surface area contributed by atoms with Crippen molar-refractivity contribution in [2.24, 2.45) is 46.3 Å². The van der Waals surface area contributed by atoms with E-state index < -0.39 is 0 Å². The van der Waals surface area contributed by atoms with E-state index in [1.807, 2.05) is 0 Å². The summed E-state index contributed by atoms with van der Waals surface area (Å²) in [6, 6.07) is 0. The molecule has 6 bridgehead atoms. The first-order valence-electron chi connectivity index (χ1n) is 10.7. The maximum Gasteiger partial charge on any atom is 0.00407 e. The molecule has 2 atom stereocenters. The lowest BCUT2D eigenvalue weighted by molar-refractivity contribution is -0.0541. The quantitative estimate of drug-likeness (QED) is 0.691. The Bertz CT molecular complexity index is 452. The van der Waals surface area contributed by atoms with Crippen LogP contribution in [0.2, 0.25) is 0 Å². The molecule has 5 saturated carbocycles. The first-order valence-corrected chi connectivity index (χ1v) is 10.7. The maximum absolute atomic E-state index is 2.88. The predicted molar refractivity (Wildman–Crippen MR) is 96.2 cm³/mol. The van der Waals surface area contributed by atoms with E-state index in [1.54, 1.807) is 32.1 Å². The molecule has 0 radical (unpaired) electrons. The van der Waals surface area contributed by atoms with Crippen LogP contribution in [0.3, 0.4) is 0 Å². The molecule has 1 heteroatoms. The number of hydrogen-bond donors (Lipinski definition) is 0. The Hall–Kier alpha value is -0.0400. The Morgan fingerprint density at radius 1 is 0.913 bits per heavy atom. The molecule has 23 heavy (non-hydrogen) atoms.